The lowest BCUT2D eigenvalue weighted by Gasteiger charge is -2.12. The average molecular weight is 285 g/mol. The second-order valence-electron chi connectivity index (χ2n) is 4.04. The molecule has 1 N–H and O–H groups in total. The maximum atomic E-state index is 10.2. The van der Waals surface area contributed by atoms with Gasteiger partial charge in [-0.1, -0.05) is 29.3 Å². The standard InChI is InChI=1S/C13H14Cl2N2O/c1-2-17-12(5-6-16-17)13(18)8-9-3-4-10(14)11(15)7-9/h3-7,13,18H,2,8H2,1H3. The largest absolute Gasteiger partial charge is 0.386 e. The van der Waals surface area contributed by atoms with Gasteiger partial charge >= 0.3 is 0 Å². The van der Waals surface area contributed by atoms with Gasteiger partial charge in [-0.2, -0.15) is 5.10 Å². The lowest BCUT2D eigenvalue weighted by Crippen LogP contribution is -2.10. The van der Waals surface area contributed by atoms with Crippen molar-refractivity contribution in [3.05, 3.63) is 51.8 Å². The first kappa shape index (κ1) is 13.4. The van der Waals surface area contributed by atoms with E-state index >= 15 is 0 Å². The van der Waals surface area contributed by atoms with E-state index in [0.29, 0.717) is 16.5 Å². The SMILES string of the molecule is CCn1nccc1C(O)Cc1ccc(Cl)c(Cl)c1. The molecule has 2 rings (SSSR count). The Kier molecular flexibility index (Phi) is 4.27. The highest BCUT2D eigenvalue weighted by Gasteiger charge is 2.13. The Labute approximate surface area is 116 Å². The number of aryl methyl sites for hydroxylation is 1. The van der Waals surface area contributed by atoms with Gasteiger partial charge in [0.2, 0.25) is 0 Å². The summed E-state index contributed by atoms with van der Waals surface area (Å²) in [6, 6.07) is 7.21. The first-order valence-corrected chi connectivity index (χ1v) is 6.51. The first-order chi connectivity index (χ1) is 8.61. The Morgan fingerprint density at radius 2 is 2.06 bits per heavy atom. The second kappa shape index (κ2) is 5.74. The molecule has 1 heterocycles. The summed E-state index contributed by atoms with van der Waals surface area (Å²) in [5, 5.41) is 15.4. The summed E-state index contributed by atoms with van der Waals surface area (Å²) in [5.41, 5.74) is 1.75. The summed E-state index contributed by atoms with van der Waals surface area (Å²) < 4.78 is 1.78. The number of aromatic nitrogens is 2. The molecule has 0 saturated carbocycles. The number of aliphatic hydroxyl groups excluding tert-OH is 1. The van der Waals surface area contributed by atoms with E-state index in [1.54, 1.807) is 23.0 Å². The summed E-state index contributed by atoms with van der Waals surface area (Å²) in [7, 11) is 0. The molecule has 0 aliphatic rings. The maximum Gasteiger partial charge on any atom is 0.0996 e. The maximum absolute atomic E-state index is 10.2. The molecular formula is C13H14Cl2N2O. The highest BCUT2D eigenvalue weighted by molar-refractivity contribution is 6.42. The number of hydrogen-bond donors (Lipinski definition) is 1. The van der Waals surface area contributed by atoms with Gasteiger partial charge < -0.3 is 5.11 Å². The minimum absolute atomic E-state index is 0.489. The molecule has 96 valence electrons. The number of halogens is 2. The smallest absolute Gasteiger partial charge is 0.0996 e. The van der Waals surface area contributed by atoms with Gasteiger partial charge in [-0.3, -0.25) is 4.68 Å². The molecule has 1 atom stereocenters. The van der Waals surface area contributed by atoms with Gasteiger partial charge in [0.1, 0.15) is 0 Å². The predicted molar refractivity (Wildman–Crippen MR) is 73.0 cm³/mol. The molecule has 1 aromatic carbocycles. The minimum atomic E-state index is -0.593. The van der Waals surface area contributed by atoms with E-state index in [2.05, 4.69) is 5.10 Å². The molecule has 3 nitrogen and oxygen atoms in total. The third-order valence-corrected chi connectivity index (χ3v) is 3.54. The zero-order valence-corrected chi connectivity index (χ0v) is 11.5. The van der Waals surface area contributed by atoms with Gasteiger partial charge in [0.15, 0.2) is 0 Å². The molecule has 0 spiro atoms. The van der Waals surface area contributed by atoms with Crippen LogP contribution in [0.4, 0.5) is 0 Å². The van der Waals surface area contributed by atoms with Crippen LogP contribution in [0.25, 0.3) is 0 Å². The third-order valence-electron chi connectivity index (χ3n) is 2.80. The normalized spacial score (nSPS) is 12.7. The van der Waals surface area contributed by atoms with Crippen LogP contribution in [0.5, 0.6) is 0 Å². The van der Waals surface area contributed by atoms with Crippen molar-refractivity contribution in [1.29, 1.82) is 0 Å². The van der Waals surface area contributed by atoms with Crippen LogP contribution >= 0.6 is 23.2 Å². The third kappa shape index (κ3) is 2.86. The van der Waals surface area contributed by atoms with E-state index in [1.807, 2.05) is 19.1 Å². The molecule has 18 heavy (non-hydrogen) atoms. The van der Waals surface area contributed by atoms with Crippen molar-refractivity contribution >= 4 is 23.2 Å². The molecule has 0 bridgehead atoms. The number of benzene rings is 1. The van der Waals surface area contributed by atoms with Crippen LogP contribution in [-0.4, -0.2) is 14.9 Å². The molecule has 2 aromatic rings. The number of aliphatic hydroxyl groups is 1. The van der Waals surface area contributed by atoms with Gasteiger partial charge in [-0.15, -0.1) is 0 Å². The molecular weight excluding hydrogens is 271 g/mol. The lowest BCUT2D eigenvalue weighted by atomic mass is 10.1. The van der Waals surface area contributed by atoms with Crippen LogP contribution in [-0.2, 0) is 13.0 Å². The lowest BCUT2D eigenvalue weighted by molar-refractivity contribution is 0.167. The van der Waals surface area contributed by atoms with E-state index in [9.17, 15) is 5.11 Å². The molecule has 0 fully saturated rings. The van der Waals surface area contributed by atoms with Gasteiger partial charge in [-0.05, 0) is 30.7 Å². The summed E-state index contributed by atoms with van der Waals surface area (Å²) >= 11 is 11.8. The van der Waals surface area contributed by atoms with Crippen molar-refractivity contribution in [1.82, 2.24) is 9.78 Å². The molecule has 0 aliphatic heterocycles. The Morgan fingerprint density at radius 3 is 2.72 bits per heavy atom. The Morgan fingerprint density at radius 1 is 1.28 bits per heavy atom. The quantitative estimate of drug-likeness (QED) is 0.933. The Balaban J connectivity index is 2.16. The zero-order valence-electron chi connectivity index (χ0n) is 9.98. The number of nitrogens with zero attached hydrogens (tertiary/aromatic N) is 2. The fraction of sp³-hybridized carbons (Fsp3) is 0.308. The molecule has 1 aromatic heterocycles. The molecule has 1 unspecified atom stereocenters. The van der Waals surface area contributed by atoms with Crippen LogP contribution in [0, 0.1) is 0 Å². The Hall–Kier alpha value is -1.03. The van der Waals surface area contributed by atoms with Gasteiger partial charge in [0.25, 0.3) is 0 Å². The second-order valence-corrected chi connectivity index (χ2v) is 4.85. The van der Waals surface area contributed by atoms with Crippen LogP contribution in [0.2, 0.25) is 10.0 Å². The van der Waals surface area contributed by atoms with Crippen molar-refractivity contribution in [2.24, 2.45) is 0 Å². The minimum Gasteiger partial charge on any atom is -0.386 e. The Bertz CT molecular complexity index is 540. The molecule has 0 aliphatic carbocycles. The van der Waals surface area contributed by atoms with Crippen molar-refractivity contribution < 1.29 is 5.11 Å². The predicted octanol–water partition coefficient (Wildman–Crippen LogP) is 3.49. The monoisotopic (exact) mass is 284 g/mol. The van der Waals surface area contributed by atoms with Crippen LogP contribution < -0.4 is 0 Å². The summed E-state index contributed by atoms with van der Waals surface area (Å²) in [6.07, 6.45) is 1.59. The molecule has 5 heteroatoms. The van der Waals surface area contributed by atoms with Gasteiger partial charge in [-0.25, -0.2) is 0 Å². The van der Waals surface area contributed by atoms with E-state index in [1.165, 1.54) is 0 Å². The van der Waals surface area contributed by atoms with E-state index in [0.717, 1.165) is 17.8 Å². The van der Waals surface area contributed by atoms with Crippen LogP contribution in [0.3, 0.4) is 0 Å². The van der Waals surface area contributed by atoms with E-state index < -0.39 is 6.10 Å². The number of hydrogen-bond acceptors (Lipinski definition) is 2. The van der Waals surface area contributed by atoms with E-state index in [-0.39, 0.29) is 0 Å². The average Bonchev–Trinajstić information content (AvgIpc) is 2.82. The first-order valence-electron chi connectivity index (χ1n) is 5.75. The molecule has 0 amide bonds. The summed E-state index contributed by atoms with van der Waals surface area (Å²) in [4.78, 5) is 0. The van der Waals surface area contributed by atoms with Crippen molar-refractivity contribution in [3.8, 4) is 0 Å². The van der Waals surface area contributed by atoms with Crippen LogP contribution in [0.1, 0.15) is 24.3 Å². The van der Waals surface area contributed by atoms with Gasteiger partial charge in [0.05, 0.1) is 21.8 Å². The zero-order chi connectivity index (χ0) is 13.1. The van der Waals surface area contributed by atoms with Crippen molar-refractivity contribution in [3.63, 3.8) is 0 Å². The van der Waals surface area contributed by atoms with Crippen molar-refractivity contribution in [2.45, 2.75) is 26.0 Å². The fourth-order valence-corrected chi connectivity index (χ4v) is 2.21. The van der Waals surface area contributed by atoms with Gasteiger partial charge in [0, 0.05) is 19.2 Å². The topological polar surface area (TPSA) is 38.0 Å². The van der Waals surface area contributed by atoms with E-state index in [4.69, 9.17) is 23.2 Å². The molecule has 0 saturated heterocycles. The highest BCUT2D eigenvalue weighted by atomic mass is 35.5. The summed E-state index contributed by atoms with van der Waals surface area (Å²) in [5.74, 6) is 0. The highest BCUT2D eigenvalue weighted by Crippen LogP contribution is 2.25. The fourth-order valence-electron chi connectivity index (χ4n) is 1.88. The van der Waals surface area contributed by atoms with Crippen molar-refractivity contribution in [2.75, 3.05) is 0 Å². The summed E-state index contributed by atoms with van der Waals surface area (Å²) in [6.45, 7) is 2.73. The molecule has 0 radical (unpaired) electrons. The number of rotatable bonds is 4. The van der Waals surface area contributed by atoms with Crippen LogP contribution in [0.15, 0.2) is 30.5 Å².